The van der Waals surface area contributed by atoms with Gasteiger partial charge >= 0.3 is 11.9 Å². The molecule has 22 heavy (non-hydrogen) atoms. The van der Waals surface area contributed by atoms with Crippen molar-refractivity contribution < 1.29 is 19.8 Å². The minimum atomic E-state index is -1.08. The number of carboxylic acids is 2. The van der Waals surface area contributed by atoms with Crippen LogP contribution in [0.2, 0.25) is 0 Å². The van der Waals surface area contributed by atoms with Gasteiger partial charge < -0.3 is 15.1 Å². The van der Waals surface area contributed by atoms with E-state index in [1.165, 1.54) is 70.5 Å². The minimum Gasteiger partial charge on any atom is -0.481 e. The quantitative estimate of drug-likeness (QED) is 0.816. The Labute approximate surface area is 132 Å². The number of hydrogen-bond donors (Lipinski definition) is 2. The fourth-order valence-electron chi connectivity index (χ4n) is 2.57. The van der Waals surface area contributed by atoms with Gasteiger partial charge in [0.25, 0.3) is 0 Å². The van der Waals surface area contributed by atoms with E-state index in [0.29, 0.717) is 0 Å². The first-order valence-electron chi connectivity index (χ1n) is 7.96. The summed E-state index contributed by atoms with van der Waals surface area (Å²) in [4.78, 5) is 23.9. The van der Waals surface area contributed by atoms with Crippen molar-refractivity contribution in [3.05, 3.63) is 23.8 Å². The highest BCUT2D eigenvalue weighted by atomic mass is 16.4. The molecule has 1 atom stereocenters. The van der Waals surface area contributed by atoms with Crippen LogP contribution in [-0.2, 0) is 9.59 Å². The maximum absolute atomic E-state index is 10.8. The predicted molar refractivity (Wildman–Crippen MR) is 85.8 cm³/mol. The zero-order valence-corrected chi connectivity index (χ0v) is 13.5. The molecule has 0 amide bonds. The van der Waals surface area contributed by atoms with E-state index < -0.39 is 17.4 Å². The molecule has 1 aliphatic heterocycles. The first kappa shape index (κ1) is 18.4. The molecular weight excluding hydrogens is 282 g/mol. The Morgan fingerprint density at radius 1 is 1.27 bits per heavy atom. The molecule has 1 saturated heterocycles. The van der Waals surface area contributed by atoms with Crippen LogP contribution in [0, 0.1) is 5.41 Å². The van der Waals surface area contributed by atoms with Gasteiger partial charge in [-0.25, -0.2) is 4.79 Å². The van der Waals surface area contributed by atoms with Gasteiger partial charge in [-0.2, -0.15) is 0 Å². The Morgan fingerprint density at radius 2 is 1.91 bits per heavy atom. The zero-order valence-electron chi connectivity index (χ0n) is 13.5. The Kier molecular flexibility index (Phi) is 7.32. The maximum atomic E-state index is 10.8. The van der Waals surface area contributed by atoms with Gasteiger partial charge in [-0.1, -0.05) is 31.6 Å². The Balaban J connectivity index is 0.000000235. The van der Waals surface area contributed by atoms with Crippen LogP contribution in [0.1, 0.15) is 46.0 Å². The molecule has 5 heteroatoms. The van der Waals surface area contributed by atoms with Crippen molar-refractivity contribution in [1.82, 2.24) is 4.90 Å². The number of hydrogen-bond acceptors (Lipinski definition) is 3. The molecule has 2 aliphatic rings. The van der Waals surface area contributed by atoms with Crippen LogP contribution in [0.25, 0.3) is 0 Å². The molecule has 5 nitrogen and oxygen atoms in total. The number of unbranched alkanes of at least 4 members (excludes halogenated alkanes) is 1. The standard InChI is InChI=1S/C9H10O4.C8H17N/c1-9(8(12)13)4-2-3-6(5-9)7(10)11;1-2-3-6-9-7-4-5-8-9/h2-4H,5H2,1H3,(H,10,11)(H,12,13);2-8H2,1H3. The van der Waals surface area contributed by atoms with Gasteiger partial charge in [0.05, 0.1) is 5.41 Å². The predicted octanol–water partition coefficient (Wildman–Crippen LogP) is 2.93. The smallest absolute Gasteiger partial charge is 0.331 e. The number of aliphatic carboxylic acids is 2. The number of likely N-dealkylation sites (tertiary alicyclic amines) is 1. The fraction of sp³-hybridized carbons (Fsp3) is 0.647. The molecule has 124 valence electrons. The van der Waals surface area contributed by atoms with E-state index in [1.54, 1.807) is 0 Å². The fourth-order valence-corrected chi connectivity index (χ4v) is 2.57. The molecule has 1 aliphatic carbocycles. The average Bonchev–Trinajstić information content (AvgIpc) is 2.99. The van der Waals surface area contributed by atoms with Gasteiger partial charge in [-0.05, 0) is 52.2 Å². The van der Waals surface area contributed by atoms with Gasteiger partial charge in [-0.15, -0.1) is 0 Å². The van der Waals surface area contributed by atoms with E-state index in [4.69, 9.17) is 10.2 Å². The Bertz CT molecular complexity index is 450. The molecule has 2 rings (SSSR count). The lowest BCUT2D eigenvalue weighted by Gasteiger charge is -2.23. The van der Waals surface area contributed by atoms with Crippen LogP contribution >= 0.6 is 0 Å². The molecule has 1 fully saturated rings. The number of nitrogens with zero attached hydrogens (tertiary/aromatic N) is 1. The topological polar surface area (TPSA) is 77.8 Å². The molecule has 0 aromatic heterocycles. The van der Waals surface area contributed by atoms with Gasteiger partial charge in [0, 0.05) is 5.57 Å². The summed E-state index contributed by atoms with van der Waals surface area (Å²) in [6.45, 7) is 7.83. The highest BCUT2D eigenvalue weighted by molar-refractivity contribution is 5.90. The molecular formula is C17H27NO4. The van der Waals surface area contributed by atoms with Crippen molar-refractivity contribution in [2.75, 3.05) is 19.6 Å². The molecule has 0 aromatic carbocycles. The molecule has 0 saturated carbocycles. The molecule has 0 spiro atoms. The van der Waals surface area contributed by atoms with Gasteiger partial charge in [-0.3, -0.25) is 4.79 Å². The van der Waals surface area contributed by atoms with Crippen LogP contribution in [0.4, 0.5) is 0 Å². The summed E-state index contributed by atoms with van der Waals surface area (Å²) in [6, 6.07) is 0. The monoisotopic (exact) mass is 309 g/mol. The van der Waals surface area contributed by atoms with Crippen LogP contribution in [0.5, 0.6) is 0 Å². The van der Waals surface area contributed by atoms with Crippen molar-refractivity contribution in [2.45, 2.75) is 46.0 Å². The van der Waals surface area contributed by atoms with E-state index >= 15 is 0 Å². The summed E-state index contributed by atoms with van der Waals surface area (Å²) in [5, 5.41) is 17.5. The second-order valence-electron chi connectivity index (χ2n) is 6.16. The van der Waals surface area contributed by atoms with Gasteiger partial charge in [0.1, 0.15) is 0 Å². The lowest BCUT2D eigenvalue weighted by Crippen LogP contribution is -2.28. The molecule has 0 radical (unpaired) electrons. The van der Waals surface area contributed by atoms with E-state index in [2.05, 4.69) is 11.8 Å². The second-order valence-corrected chi connectivity index (χ2v) is 6.16. The highest BCUT2D eigenvalue weighted by Gasteiger charge is 2.34. The van der Waals surface area contributed by atoms with Gasteiger partial charge in [0.2, 0.25) is 0 Å². The SMILES string of the molecule is CC1(C(=O)O)C=CC=C(C(=O)O)C1.CCCCN1CCCC1. The minimum absolute atomic E-state index is 0.0359. The Morgan fingerprint density at radius 3 is 2.41 bits per heavy atom. The number of rotatable bonds is 5. The third kappa shape index (κ3) is 5.64. The third-order valence-corrected chi connectivity index (χ3v) is 4.11. The summed E-state index contributed by atoms with van der Waals surface area (Å²) in [6.07, 6.45) is 10.0. The van der Waals surface area contributed by atoms with Crippen molar-refractivity contribution in [3.63, 3.8) is 0 Å². The molecule has 1 heterocycles. The average molecular weight is 309 g/mol. The first-order chi connectivity index (χ1) is 10.4. The van der Waals surface area contributed by atoms with E-state index in [-0.39, 0.29) is 12.0 Å². The Hall–Kier alpha value is -1.62. The summed E-state index contributed by atoms with van der Waals surface area (Å²) in [7, 11) is 0. The zero-order chi connectivity index (χ0) is 16.6. The lowest BCUT2D eigenvalue weighted by molar-refractivity contribution is -0.145. The van der Waals surface area contributed by atoms with Gasteiger partial charge in [0.15, 0.2) is 0 Å². The van der Waals surface area contributed by atoms with Crippen molar-refractivity contribution >= 4 is 11.9 Å². The summed E-state index contributed by atoms with van der Waals surface area (Å²) < 4.78 is 0. The lowest BCUT2D eigenvalue weighted by atomic mass is 9.80. The van der Waals surface area contributed by atoms with Crippen molar-refractivity contribution in [2.24, 2.45) is 5.41 Å². The normalized spacial score (nSPS) is 24.4. The summed E-state index contributed by atoms with van der Waals surface area (Å²) in [5.41, 5.74) is -0.949. The number of allylic oxidation sites excluding steroid dienone is 2. The molecule has 2 N–H and O–H groups in total. The largest absolute Gasteiger partial charge is 0.481 e. The first-order valence-corrected chi connectivity index (χ1v) is 7.96. The van der Waals surface area contributed by atoms with Crippen LogP contribution < -0.4 is 0 Å². The third-order valence-electron chi connectivity index (χ3n) is 4.11. The van der Waals surface area contributed by atoms with E-state index in [0.717, 1.165) is 0 Å². The van der Waals surface area contributed by atoms with Crippen LogP contribution in [-0.4, -0.2) is 46.7 Å². The molecule has 0 bridgehead atoms. The van der Waals surface area contributed by atoms with Crippen LogP contribution in [0.15, 0.2) is 23.8 Å². The van der Waals surface area contributed by atoms with Crippen molar-refractivity contribution in [1.29, 1.82) is 0 Å². The summed E-state index contributed by atoms with van der Waals surface area (Å²) >= 11 is 0. The number of carbonyl (C=O) groups is 2. The van der Waals surface area contributed by atoms with E-state index in [9.17, 15) is 9.59 Å². The molecule has 1 unspecified atom stereocenters. The van der Waals surface area contributed by atoms with Crippen LogP contribution in [0.3, 0.4) is 0 Å². The number of carboxylic acid groups (broad SMARTS) is 2. The summed E-state index contributed by atoms with van der Waals surface area (Å²) in [5.74, 6) is -2.06. The van der Waals surface area contributed by atoms with E-state index in [1.807, 2.05) is 0 Å². The second kappa shape index (κ2) is 8.73. The maximum Gasteiger partial charge on any atom is 0.331 e. The van der Waals surface area contributed by atoms with Crippen molar-refractivity contribution in [3.8, 4) is 0 Å². The highest BCUT2D eigenvalue weighted by Crippen LogP contribution is 2.31. The molecule has 0 aromatic rings.